The first kappa shape index (κ1) is 18.0. The monoisotopic (exact) mass is 370 g/mol. The lowest BCUT2D eigenvalue weighted by Crippen LogP contribution is -2.35. The van der Waals surface area contributed by atoms with E-state index in [9.17, 15) is 9.59 Å². The molecule has 3 aromatic rings. The summed E-state index contributed by atoms with van der Waals surface area (Å²) >= 11 is 6.11. The highest BCUT2D eigenvalue weighted by molar-refractivity contribution is 6.31. The van der Waals surface area contributed by atoms with Crippen molar-refractivity contribution >= 4 is 40.1 Å². The molecule has 1 amide bonds. The Morgan fingerprint density at radius 3 is 2.62 bits per heavy atom. The molecule has 0 saturated heterocycles. The molecule has 0 bridgehead atoms. The van der Waals surface area contributed by atoms with Gasteiger partial charge in [-0.15, -0.1) is 0 Å². The highest BCUT2D eigenvalue weighted by atomic mass is 35.5. The van der Waals surface area contributed by atoms with Gasteiger partial charge in [-0.25, -0.2) is 4.79 Å². The number of halogens is 1. The van der Waals surface area contributed by atoms with Gasteiger partial charge in [0.25, 0.3) is 0 Å². The second-order valence-electron chi connectivity index (χ2n) is 6.51. The summed E-state index contributed by atoms with van der Waals surface area (Å²) in [6, 6.07) is 12.3. The first-order valence-electron chi connectivity index (χ1n) is 8.10. The van der Waals surface area contributed by atoms with Crippen molar-refractivity contribution in [1.29, 1.82) is 0 Å². The maximum atomic E-state index is 13.0. The normalized spacial score (nSPS) is 11.4. The van der Waals surface area contributed by atoms with E-state index in [2.05, 4.69) is 10.3 Å². The molecule has 0 fully saturated rings. The summed E-state index contributed by atoms with van der Waals surface area (Å²) < 4.78 is 4.78. The van der Waals surface area contributed by atoms with Crippen LogP contribution in [0.4, 0.5) is 5.69 Å². The Morgan fingerprint density at radius 1 is 1.15 bits per heavy atom. The van der Waals surface area contributed by atoms with Crippen LogP contribution in [-0.2, 0) is 14.9 Å². The summed E-state index contributed by atoms with van der Waals surface area (Å²) in [7, 11) is 1.31. The number of fused-ring (bicyclic) bond motifs is 1. The lowest BCUT2D eigenvalue weighted by Gasteiger charge is -2.24. The number of esters is 1. The Bertz CT molecular complexity index is 992. The van der Waals surface area contributed by atoms with Gasteiger partial charge >= 0.3 is 5.97 Å². The molecule has 3 rings (SSSR count). The van der Waals surface area contributed by atoms with Gasteiger partial charge in [0.05, 0.1) is 23.8 Å². The van der Waals surface area contributed by atoms with E-state index in [1.165, 1.54) is 7.11 Å². The van der Waals surface area contributed by atoms with Crippen LogP contribution in [0.5, 0.6) is 0 Å². The SMILES string of the molecule is COC(=O)c1ccccc1NC(=O)C(C)(C)c1c[nH]c2ccc(Cl)cc12. The summed E-state index contributed by atoms with van der Waals surface area (Å²) in [6.07, 6.45) is 1.81. The topological polar surface area (TPSA) is 71.2 Å². The number of carbonyl (C=O) groups is 2. The molecule has 26 heavy (non-hydrogen) atoms. The number of hydrogen-bond donors (Lipinski definition) is 2. The molecule has 0 radical (unpaired) electrons. The molecule has 0 aliphatic rings. The fourth-order valence-corrected chi connectivity index (χ4v) is 3.06. The zero-order valence-corrected chi connectivity index (χ0v) is 15.5. The van der Waals surface area contributed by atoms with Crippen molar-refractivity contribution in [3.05, 3.63) is 64.8 Å². The van der Waals surface area contributed by atoms with E-state index in [0.29, 0.717) is 16.3 Å². The van der Waals surface area contributed by atoms with Crippen molar-refractivity contribution < 1.29 is 14.3 Å². The van der Waals surface area contributed by atoms with Gasteiger partial charge in [0, 0.05) is 22.1 Å². The van der Waals surface area contributed by atoms with E-state index in [1.807, 2.05) is 32.2 Å². The van der Waals surface area contributed by atoms with E-state index >= 15 is 0 Å². The number of aromatic amines is 1. The van der Waals surface area contributed by atoms with Crippen LogP contribution in [0, 0.1) is 0 Å². The Labute approximate surface area is 156 Å². The average molecular weight is 371 g/mol. The van der Waals surface area contributed by atoms with Crippen molar-refractivity contribution in [2.75, 3.05) is 12.4 Å². The van der Waals surface area contributed by atoms with Crippen LogP contribution in [0.1, 0.15) is 29.8 Å². The predicted molar refractivity (Wildman–Crippen MR) is 103 cm³/mol. The number of aromatic nitrogens is 1. The van der Waals surface area contributed by atoms with Gasteiger partial charge in [-0.3, -0.25) is 4.79 Å². The molecule has 0 atom stereocenters. The van der Waals surface area contributed by atoms with Crippen molar-refractivity contribution in [2.45, 2.75) is 19.3 Å². The number of carbonyl (C=O) groups excluding carboxylic acids is 2. The summed E-state index contributed by atoms with van der Waals surface area (Å²) in [6.45, 7) is 3.65. The Morgan fingerprint density at radius 2 is 1.88 bits per heavy atom. The van der Waals surface area contributed by atoms with Crippen molar-refractivity contribution in [1.82, 2.24) is 4.98 Å². The molecule has 5 nitrogen and oxygen atoms in total. The quantitative estimate of drug-likeness (QED) is 0.663. The van der Waals surface area contributed by atoms with Gasteiger partial charge in [-0.1, -0.05) is 23.7 Å². The summed E-state index contributed by atoms with van der Waals surface area (Å²) in [4.78, 5) is 28.1. The molecule has 0 saturated carbocycles. The van der Waals surface area contributed by atoms with E-state index in [1.54, 1.807) is 30.3 Å². The number of H-pyrrole nitrogens is 1. The fraction of sp³-hybridized carbons (Fsp3) is 0.200. The van der Waals surface area contributed by atoms with Crippen LogP contribution in [0.25, 0.3) is 10.9 Å². The molecule has 0 aliphatic carbocycles. The third-order valence-electron chi connectivity index (χ3n) is 4.47. The number of nitrogens with one attached hydrogen (secondary N) is 2. The molecule has 134 valence electrons. The third kappa shape index (κ3) is 3.18. The average Bonchev–Trinajstić information content (AvgIpc) is 3.05. The van der Waals surface area contributed by atoms with Crippen LogP contribution in [0.3, 0.4) is 0 Å². The van der Waals surface area contributed by atoms with Gasteiger partial charge < -0.3 is 15.0 Å². The van der Waals surface area contributed by atoms with Crippen molar-refractivity contribution in [2.24, 2.45) is 0 Å². The van der Waals surface area contributed by atoms with Gasteiger partial charge in [0.1, 0.15) is 0 Å². The number of anilines is 1. The van der Waals surface area contributed by atoms with Gasteiger partial charge in [0.15, 0.2) is 0 Å². The largest absolute Gasteiger partial charge is 0.465 e. The zero-order chi connectivity index (χ0) is 18.9. The maximum Gasteiger partial charge on any atom is 0.339 e. The Kier molecular flexibility index (Phi) is 4.74. The minimum atomic E-state index is -0.855. The first-order chi connectivity index (χ1) is 12.3. The molecule has 2 N–H and O–H groups in total. The second kappa shape index (κ2) is 6.84. The molecule has 0 unspecified atom stereocenters. The van der Waals surface area contributed by atoms with Crippen LogP contribution >= 0.6 is 11.6 Å². The van der Waals surface area contributed by atoms with E-state index in [0.717, 1.165) is 16.5 Å². The molecular formula is C20H19ClN2O3. The zero-order valence-electron chi connectivity index (χ0n) is 14.7. The lowest BCUT2D eigenvalue weighted by atomic mass is 9.83. The number of rotatable bonds is 4. The van der Waals surface area contributed by atoms with Crippen LogP contribution in [0.15, 0.2) is 48.7 Å². The lowest BCUT2D eigenvalue weighted by molar-refractivity contribution is -0.120. The Hall–Kier alpha value is -2.79. The molecule has 1 aromatic heterocycles. The molecule has 0 aliphatic heterocycles. The first-order valence-corrected chi connectivity index (χ1v) is 8.48. The minimum Gasteiger partial charge on any atom is -0.465 e. The van der Waals surface area contributed by atoms with E-state index in [4.69, 9.17) is 16.3 Å². The smallest absolute Gasteiger partial charge is 0.339 e. The summed E-state index contributed by atoms with van der Waals surface area (Å²) in [5.74, 6) is -0.743. The van der Waals surface area contributed by atoms with E-state index in [-0.39, 0.29) is 5.91 Å². The van der Waals surface area contributed by atoms with Crippen molar-refractivity contribution in [3.8, 4) is 0 Å². The van der Waals surface area contributed by atoms with E-state index < -0.39 is 11.4 Å². The number of hydrogen-bond acceptors (Lipinski definition) is 3. The second-order valence-corrected chi connectivity index (χ2v) is 6.94. The summed E-state index contributed by atoms with van der Waals surface area (Å²) in [5, 5.41) is 4.34. The third-order valence-corrected chi connectivity index (χ3v) is 4.70. The van der Waals surface area contributed by atoms with Crippen LogP contribution in [-0.4, -0.2) is 24.0 Å². The number of ether oxygens (including phenoxy) is 1. The summed E-state index contributed by atoms with van der Waals surface area (Å²) in [5.41, 5.74) is 1.59. The highest BCUT2D eigenvalue weighted by Crippen LogP contribution is 2.33. The molecule has 6 heteroatoms. The van der Waals surface area contributed by atoms with Crippen molar-refractivity contribution in [3.63, 3.8) is 0 Å². The number of benzene rings is 2. The number of amides is 1. The maximum absolute atomic E-state index is 13.0. The highest BCUT2D eigenvalue weighted by Gasteiger charge is 2.33. The Balaban J connectivity index is 1.96. The van der Waals surface area contributed by atoms with Gasteiger partial charge in [-0.05, 0) is 49.7 Å². The van der Waals surface area contributed by atoms with Gasteiger partial charge in [0.2, 0.25) is 5.91 Å². The molecule has 0 spiro atoms. The standard InChI is InChI=1S/C20H19ClN2O3/c1-20(2,15-11-22-16-9-8-12(21)10-14(15)16)19(25)23-17-7-5-4-6-13(17)18(24)26-3/h4-11,22H,1-3H3,(H,23,25). The molecular weight excluding hydrogens is 352 g/mol. The number of methoxy groups -OCH3 is 1. The van der Waals surface area contributed by atoms with Gasteiger partial charge in [-0.2, -0.15) is 0 Å². The fourth-order valence-electron chi connectivity index (χ4n) is 2.89. The molecule has 2 aromatic carbocycles. The molecule has 1 heterocycles. The minimum absolute atomic E-state index is 0.241. The van der Waals surface area contributed by atoms with Crippen LogP contribution < -0.4 is 5.32 Å². The number of para-hydroxylation sites is 1. The predicted octanol–water partition coefficient (Wildman–Crippen LogP) is 4.52. The van der Waals surface area contributed by atoms with Crippen LogP contribution in [0.2, 0.25) is 5.02 Å².